The summed E-state index contributed by atoms with van der Waals surface area (Å²) >= 11 is 0. The molecule has 0 unspecified atom stereocenters. The third-order valence-corrected chi connectivity index (χ3v) is 2.31. The molecule has 2 rings (SSSR count). The fraction of sp³-hybridized carbons (Fsp3) is 0.273. The topological polar surface area (TPSA) is 51.0 Å². The number of rotatable bonds is 4. The van der Waals surface area contributed by atoms with Crippen molar-refractivity contribution in [2.75, 3.05) is 0 Å². The number of benzene rings is 1. The second-order valence-electron chi connectivity index (χ2n) is 3.49. The molecular weight excluding hydrogens is 209 g/mol. The SMILES string of the molecule is Cc1nonc1CNCc1ccccc1F. The summed E-state index contributed by atoms with van der Waals surface area (Å²) in [5, 5.41) is 10.5. The lowest BCUT2D eigenvalue weighted by Gasteiger charge is -2.03. The summed E-state index contributed by atoms with van der Waals surface area (Å²) in [6, 6.07) is 6.67. The molecule has 0 saturated heterocycles. The van der Waals surface area contributed by atoms with E-state index in [9.17, 15) is 4.39 Å². The van der Waals surface area contributed by atoms with E-state index in [1.807, 2.05) is 13.0 Å². The van der Waals surface area contributed by atoms with E-state index in [0.717, 1.165) is 11.4 Å². The molecule has 2 aromatic rings. The predicted molar refractivity (Wildman–Crippen MR) is 56.0 cm³/mol. The van der Waals surface area contributed by atoms with E-state index in [1.54, 1.807) is 12.1 Å². The zero-order chi connectivity index (χ0) is 11.4. The minimum atomic E-state index is -0.204. The Morgan fingerprint density at radius 3 is 2.75 bits per heavy atom. The molecule has 1 aromatic carbocycles. The van der Waals surface area contributed by atoms with Crippen LogP contribution in [0.4, 0.5) is 4.39 Å². The monoisotopic (exact) mass is 221 g/mol. The Hall–Kier alpha value is -1.75. The molecule has 1 N–H and O–H groups in total. The molecule has 1 aromatic heterocycles. The fourth-order valence-corrected chi connectivity index (χ4v) is 1.37. The maximum Gasteiger partial charge on any atom is 0.127 e. The minimum absolute atomic E-state index is 0.204. The lowest BCUT2D eigenvalue weighted by molar-refractivity contribution is 0.300. The van der Waals surface area contributed by atoms with Crippen molar-refractivity contribution in [2.45, 2.75) is 20.0 Å². The van der Waals surface area contributed by atoms with Crippen LogP contribution < -0.4 is 5.32 Å². The number of aromatic nitrogens is 2. The summed E-state index contributed by atoms with van der Waals surface area (Å²) in [4.78, 5) is 0. The van der Waals surface area contributed by atoms with Crippen LogP contribution in [0.2, 0.25) is 0 Å². The number of halogens is 1. The standard InChI is InChI=1S/C11H12FN3O/c1-8-11(15-16-14-8)7-13-6-9-4-2-3-5-10(9)12/h2-5,13H,6-7H2,1H3. The Morgan fingerprint density at radius 1 is 1.25 bits per heavy atom. The second-order valence-corrected chi connectivity index (χ2v) is 3.49. The molecule has 0 aliphatic carbocycles. The third-order valence-electron chi connectivity index (χ3n) is 2.31. The van der Waals surface area contributed by atoms with E-state index in [4.69, 9.17) is 0 Å². The normalized spacial score (nSPS) is 10.6. The summed E-state index contributed by atoms with van der Waals surface area (Å²) in [6.07, 6.45) is 0. The first-order valence-electron chi connectivity index (χ1n) is 4.99. The number of nitrogens with zero attached hydrogens (tertiary/aromatic N) is 2. The van der Waals surface area contributed by atoms with Gasteiger partial charge < -0.3 is 5.32 Å². The number of aryl methyl sites for hydroxylation is 1. The zero-order valence-electron chi connectivity index (χ0n) is 8.90. The predicted octanol–water partition coefficient (Wildman–Crippen LogP) is 1.81. The maximum atomic E-state index is 13.2. The van der Waals surface area contributed by atoms with Crippen molar-refractivity contribution in [3.8, 4) is 0 Å². The van der Waals surface area contributed by atoms with Crippen LogP contribution in [0.5, 0.6) is 0 Å². The van der Waals surface area contributed by atoms with Gasteiger partial charge in [-0.1, -0.05) is 28.5 Å². The molecule has 4 nitrogen and oxygen atoms in total. The molecule has 16 heavy (non-hydrogen) atoms. The van der Waals surface area contributed by atoms with Gasteiger partial charge in [0.15, 0.2) is 0 Å². The average Bonchev–Trinajstić information content (AvgIpc) is 2.67. The van der Waals surface area contributed by atoms with Crippen molar-refractivity contribution in [3.63, 3.8) is 0 Å². The Morgan fingerprint density at radius 2 is 2.06 bits per heavy atom. The van der Waals surface area contributed by atoms with Crippen LogP contribution in [0.3, 0.4) is 0 Å². The number of hydrogen-bond donors (Lipinski definition) is 1. The Kier molecular flexibility index (Phi) is 3.26. The van der Waals surface area contributed by atoms with E-state index >= 15 is 0 Å². The van der Waals surface area contributed by atoms with E-state index < -0.39 is 0 Å². The Balaban J connectivity index is 1.89. The number of nitrogens with one attached hydrogen (secondary N) is 1. The highest BCUT2D eigenvalue weighted by Crippen LogP contribution is 2.06. The largest absolute Gasteiger partial charge is 0.307 e. The van der Waals surface area contributed by atoms with Gasteiger partial charge in [-0.25, -0.2) is 9.02 Å². The smallest absolute Gasteiger partial charge is 0.127 e. The van der Waals surface area contributed by atoms with Crippen molar-refractivity contribution in [1.82, 2.24) is 15.6 Å². The van der Waals surface area contributed by atoms with Crippen LogP contribution in [-0.4, -0.2) is 10.3 Å². The van der Waals surface area contributed by atoms with Crippen LogP contribution >= 0.6 is 0 Å². The molecule has 84 valence electrons. The summed E-state index contributed by atoms with van der Waals surface area (Å²) in [7, 11) is 0. The third kappa shape index (κ3) is 2.43. The maximum absolute atomic E-state index is 13.2. The Bertz CT molecular complexity index is 470. The highest BCUT2D eigenvalue weighted by Gasteiger charge is 2.05. The molecule has 1 heterocycles. The van der Waals surface area contributed by atoms with Crippen LogP contribution in [0, 0.1) is 12.7 Å². The molecular formula is C11H12FN3O. The van der Waals surface area contributed by atoms with Gasteiger partial charge >= 0.3 is 0 Å². The van der Waals surface area contributed by atoms with Crippen LogP contribution in [0.15, 0.2) is 28.9 Å². The average molecular weight is 221 g/mol. The summed E-state index contributed by atoms with van der Waals surface area (Å²) in [5.41, 5.74) is 2.13. The molecule has 0 radical (unpaired) electrons. The van der Waals surface area contributed by atoms with Gasteiger partial charge in [-0.2, -0.15) is 0 Å². The lowest BCUT2D eigenvalue weighted by Crippen LogP contribution is -2.14. The fourth-order valence-electron chi connectivity index (χ4n) is 1.37. The molecule has 0 aliphatic heterocycles. The molecule has 0 atom stereocenters. The zero-order valence-corrected chi connectivity index (χ0v) is 8.90. The first-order valence-corrected chi connectivity index (χ1v) is 4.99. The summed E-state index contributed by atoms with van der Waals surface area (Å²) in [6.45, 7) is 2.79. The lowest BCUT2D eigenvalue weighted by atomic mass is 10.2. The van der Waals surface area contributed by atoms with E-state index in [0.29, 0.717) is 18.7 Å². The number of hydrogen-bond acceptors (Lipinski definition) is 4. The molecule has 0 amide bonds. The van der Waals surface area contributed by atoms with Gasteiger partial charge in [0.25, 0.3) is 0 Å². The van der Waals surface area contributed by atoms with Gasteiger partial charge in [0.1, 0.15) is 17.2 Å². The molecule has 5 heteroatoms. The van der Waals surface area contributed by atoms with E-state index in [1.165, 1.54) is 6.07 Å². The van der Waals surface area contributed by atoms with E-state index in [-0.39, 0.29) is 5.82 Å². The molecule has 0 fully saturated rings. The highest BCUT2D eigenvalue weighted by molar-refractivity contribution is 5.17. The van der Waals surface area contributed by atoms with Crippen molar-refractivity contribution in [1.29, 1.82) is 0 Å². The van der Waals surface area contributed by atoms with Gasteiger partial charge in [0.2, 0.25) is 0 Å². The summed E-state index contributed by atoms with van der Waals surface area (Å²) < 4.78 is 17.8. The van der Waals surface area contributed by atoms with Gasteiger partial charge in [0.05, 0.1) is 0 Å². The van der Waals surface area contributed by atoms with Crippen LogP contribution in [-0.2, 0) is 13.1 Å². The first-order chi connectivity index (χ1) is 7.77. The highest BCUT2D eigenvalue weighted by atomic mass is 19.1. The van der Waals surface area contributed by atoms with Crippen molar-refractivity contribution < 1.29 is 9.02 Å². The molecule has 0 bridgehead atoms. The Labute approximate surface area is 92.4 Å². The van der Waals surface area contributed by atoms with Crippen molar-refractivity contribution in [2.24, 2.45) is 0 Å². The van der Waals surface area contributed by atoms with Gasteiger partial charge in [-0.05, 0) is 13.0 Å². The van der Waals surface area contributed by atoms with Gasteiger partial charge in [-0.3, -0.25) is 0 Å². The van der Waals surface area contributed by atoms with Crippen molar-refractivity contribution in [3.05, 3.63) is 47.0 Å². The van der Waals surface area contributed by atoms with Crippen molar-refractivity contribution >= 4 is 0 Å². The summed E-state index contributed by atoms with van der Waals surface area (Å²) in [5.74, 6) is -0.204. The van der Waals surface area contributed by atoms with E-state index in [2.05, 4.69) is 20.3 Å². The van der Waals surface area contributed by atoms with Gasteiger partial charge in [-0.15, -0.1) is 0 Å². The van der Waals surface area contributed by atoms with Crippen LogP contribution in [0.25, 0.3) is 0 Å². The molecule has 0 aliphatic rings. The minimum Gasteiger partial charge on any atom is -0.307 e. The quantitative estimate of drug-likeness (QED) is 0.855. The first kappa shape index (κ1) is 10.8. The van der Waals surface area contributed by atoms with Crippen LogP contribution in [0.1, 0.15) is 17.0 Å². The second kappa shape index (κ2) is 4.85. The van der Waals surface area contributed by atoms with Gasteiger partial charge in [0, 0.05) is 18.7 Å². The molecule has 0 spiro atoms. The molecule has 0 saturated carbocycles.